The number of oxazole rings is 1. The van der Waals surface area contributed by atoms with E-state index in [1.807, 2.05) is 80.9 Å². The number of benzene rings is 2. The van der Waals surface area contributed by atoms with Gasteiger partial charge in [-0.3, -0.25) is 19.3 Å². The number of fused-ring (bicyclic) bond motifs is 2. The number of amides is 1. The molecular weight excluding hydrogens is 668 g/mol. The number of carboxylic acids is 1. The second kappa shape index (κ2) is 13.7. The number of imidazole rings is 1. The molecule has 0 bridgehead atoms. The van der Waals surface area contributed by atoms with E-state index in [1.54, 1.807) is 4.90 Å². The average Bonchev–Trinajstić information content (AvgIpc) is 3.78. The van der Waals surface area contributed by atoms with Gasteiger partial charge in [0.25, 0.3) is 0 Å². The molecule has 1 N–H and O–H groups in total. The molecule has 2 aromatic carbocycles. The Labute approximate surface area is 303 Å². The lowest BCUT2D eigenvalue weighted by atomic mass is 9.73. The molecule has 0 saturated heterocycles. The van der Waals surface area contributed by atoms with Crippen LogP contribution in [-0.4, -0.2) is 85.2 Å². The maximum Gasteiger partial charge on any atom is 0.309 e. The maximum atomic E-state index is 13.8. The molecule has 1 saturated carbocycles. The van der Waals surface area contributed by atoms with Crippen LogP contribution in [0, 0.1) is 12.3 Å². The minimum atomic E-state index is -0.707. The molecule has 11 nitrogen and oxygen atoms in total. The first-order valence-corrected chi connectivity index (χ1v) is 18.0. The Kier molecular flexibility index (Phi) is 9.41. The number of aliphatic carboxylic acids is 1. The zero-order chi connectivity index (χ0) is 36.2. The lowest BCUT2D eigenvalue weighted by Crippen LogP contribution is -2.44. The molecule has 7 rings (SSSR count). The van der Waals surface area contributed by atoms with Gasteiger partial charge in [-0.1, -0.05) is 41.9 Å². The van der Waals surface area contributed by atoms with E-state index in [-0.39, 0.29) is 18.1 Å². The highest BCUT2D eigenvalue weighted by atomic mass is 35.5. The van der Waals surface area contributed by atoms with Gasteiger partial charge in [-0.25, -0.2) is 9.97 Å². The van der Waals surface area contributed by atoms with Crippen LogP contribution in [-0.2, 0) is 49.1 Å². The Morgan fingerprint density at radius 1 is 1.00 bits per heavy atom. The van der Waals surface area contributed by atoms with Gasteiger partial charge in [0, 0.05) is 55.8 Å². The fourth-order valence-corrected chi connectivity index (χ4v) is 8.26. The van der Waals surface area contributed by atoms with Crippen molar-refractivity contribution < 1.29 is 23.9 Å². The second-order valence-electron chi connectivity index (χ2n) is 14.9. The van der Waals surface area contributed by atoms with Crippen molar-refractivity contribution in [1.29, 1.82) is 0 Å². The van der Waals surface area contributed by atoms with Crippen LogP contribution < -0.4 is 0 Å². The summed E-state index contributed by atoms with van der Waals surface area (Å²) in [7, 11) is 5.66. The molecular formula is C39H45ClN6O5. The molecule has 268 valence electrons. The number of nitrogens with zero attached hydrogens (tertiary/aromatic N) is 6. The van der Waals surface area contributed by atoms with Crippen LogP contribution in [0.5, 0.6) is 0 Å². The normalized spacial score (nSPS) is 20.5. The quantitative estimate of drug-likeness (QED) is 0.211. The maximum absolute atomic E-state index is 13.8. The van der Waals surface area contributed by atoms with Gasteiger partial charge in [0.1, 0.15) is 11.5 Å². The van der Waals surface area contributed by atoms with Crippen LogP contribution in [0.25, 0.3) is 22.6 Å². The topological polar surface area (TPSA) is 125 Å². The summed E-state index contributed by atoms with van der Waals surface area (Å²) in [6.45, 7) is 6.57. The molecule has 4 aromatic rings. The Morgan fingerprint density at radius 3 is 2.41 bits per heavy atom. The highest BCUT2D eigenvalue weighted by Crippen LogP contribution is 2.40. The van der Waals surface area contributed by atoms with Crippen molar-refractivity contribution in [3.63, 3.8) is 0 Å². The number of likely N-dealkylation sites (N-methyl/N-ethyl adjacent to an activating group) is 1. The zero-order valence-corrected chi connectivity index (χ0v) is 30.7. The fourth-order valence-electron chi connectivity index (χ4n) is 7.97. The summed E-state index contributed by atoms with van der Waals surface area (Å²) in [6, 6.07) is 12.0. The number of carbonyl (C=O) groups excluding carboxylic acids is 2. The average molecular weight is 713 g/mol. The predicted octanol–water partition coefficient (Wildman–Crippen LogP) is 5.92. The second-order valence-corrected chi connectivity index (χ2v) is 15.3. The molecule has 4 heterocycles. The molecule has 2 aromatic heterocycles. The molecule has 3 aliphatic rings. The van der Waals surface area contributed by atoms with Crippen molar-refractivity contribution in [2.75, 3.05) is 27.2 Å². The van der Waals surface area contributed by atoms with Crippen molar-refractivity contribution in [3.05, 3.63) is 81.2 Å². The van der Waals surface area contributed by atoms with Crippen LogP contribution in [0.1, 0.15) is 77.2 Å². The van der Waals surface area contributed by atoms with E-state index in [2.05, 4.69) is 4.90 Å². The largest absolute Gasteiger partial charge is 0.481 e. The van der Waals surface area contributed by atoms with E-state index in [9.17, 15) is 19.5 Å². The van der Waals surface area contributed by atoms with Crippen LogP contribution in [0.2, 0.25) is 5.02 Å². The lowest BCUT2D eigenvalue weighted by Gasteiger charge is -2.41. The molecule has 0 spiro atoms. The lowest BCUT2D eigenvalue weighted by molar-refractivity contribution is -0.150. The van der Waals surface area contributed by atoms with E-state index in [1.165, 1.54) is 0 Å². The number of halogens is 1. The zero-order valence-electron chi connectivity index (χ0n) is 30.0. The third-order valence-electron chi connectivity index (χ3n) is 11.2. The van der Waals surface area contributed by atoms with Crippen molar-refractivity contribution in [2.24, 2.45) is 12.5 Å². The van der Waals surface area contributed by atoms with Crippen molar-refractivity contribution in [1.82, 2.24) is 29.2 Å². The number of ketones is 1. The molecule has 1 fully saturated rings. The smallest absolute Gasteiger partial charge is 0.309 e. The number of aromatic nitrogens is 3. The molecule has 1 aliphatic carbocycles. The number of hydrogen-bond donors (Lipinski definition) is 1. The monoisotopic (exact) mass is 712 g/mol. The summed E-state index contributed by atoms with van der Waals surface area (Å²) < 4.78 is 8.14. The van der Waals surface area contributed by atoms with Gasteiger partial charge in [0.2, 0.25) is 17.6 Å². The van der Waals surface area contributed by atoms with Gasteiger partial charge in [-0.05, 0) is 76.4 Å². The SMILES string of the molecule is Cc1c(-c2nc3c(o2)CN(C(=O)CN(C)C)C3)cccc1-c1cccc(CC(=O)c2nc3c(n2C)CCN(C2CCC(C)(C(=O)O)CC2)C3)c1Cl. The van der Waals surface area contributed by atoms with Gasteiger partial charge < -0.3 is 23.9 Å². The number of hydrogen-bond acceptors (Lipinski definition) is 8. The molecule has 1 amide bonds. The highest BCUT2D eigenvalue weighted by Gasteiger charge is 2.40. The van der Waals surface area contributed by atoms with E-state index in [4.69, 9.17) is 26.0 Å². The Morgan fingerprint density at radius 2 is 1.71 bits per heavy atom. The first-order valence-electron chi connectivity index (χ1n) is 17.7. The van der Waals surface area contributed by atoms with E-state index in [0.717, 1.165) is 70.7 Å². The fraction of sp³-hybridized carbons (Fsp3) is 0.462. The van der Waals surface area contributed by atoms with E-state index in [0.29, 0.717) is 67.6 Å². The van der Waals surface area contributed by atoms with Gasteiger partial charge >= 0.3 is 5.97 Å². The Hall–Kier alpha value is -4.32. The summed E-state index contributed by atoms with van der Waals surface area (Å²) in [5.41, 5.74) is 6.42. The third kappa shape index (κ3) is 6.63. The minimum Gasteiger partial charge on any atom is -0.481 e. The first-order chi connectivity index (χ1) is 24.3. The van der Waals surface area contributed by atoms with Crippen LogP contribution >= 0.6 is 11.6 Å². The van der Waals surface area contributed by atoms with Gasteiger partial charge in [-0.15, -0.1) is 0 Å². The molecule has 0 radical (unpaired) electrons. The van der Waals surface area contributed by atoms with Gasteiger partial charge in [0.05, 0.1) is 35.8 Å². The summed E-state index contributed by atoms with van der Waals surface area (Å²) in [4.78, 5) is 53.8. The summed E-state index contributed by atoms with van der Waals surface area (Å²) in [5, 5.41) is 10.2. The molecule has 0 atom stereocenters. The molecule has 2 aliphatic heterocycles. The minimum absolute atomic E-state index is 0.0397. The van der Waals surface area contributed by atoms with Crippen LogP contribution in [0.15, 0.2) is 40.8 Å². The Bertz CT molecular complexity index is 2000. The molecule has 12 heteroatoms. The number of rotatable bonds is 9. The standard InChI is InChI=1S/C39H45ClN6O5/c1-23-26(9-7-10-27(23)37-42-30-20-46(21-33(30)51-37)34(48)22-43(3)4)28-11-6-8-24(35(28)40)18-32(47)36-41-29-19-45(17-14-31(29)44(36)5)25-12-15-39(2,16-13-25)38(49)50/h6-11,25H,12-22H2,1-5H3,(H,49,50). The number of carbonyl (C=O) groups is 3. The van der Waals surface area contributed by atoms with Crippen molar-refractivity contribution in [2.45, 2.75) is 78.0 Å². The summed E-state index contributed by atoms with van der Waals surface area (Å²) in [6.07, 6.45) is 3.97. The van der Waals surface area contributed by atoms with Crippen LogP contribution in [0.3, 0.4) is 0 Å². The molecule has 51 heavy (non-hydrogen) atoms. The number of Topliss-reactive ketones (excluding diaryl/α,β-unsaturated/α-hetero) is 1. The Balaban J connectivity index is 1.06. The van der Waals surface area contributed by atoms with Crippen molar-refractivity contribution >= 4 is 29.3 Å². The van der Waals surface area contributed by atoms with Gasteiger partial charge in [0.15, 0.2) is 5.82 Å². The summed E-state index contributed by atoms with van der Waals surface area (Å²) >= 11 is 7.07. The summed E-state index contributed by atoms with van der Waals surface area (Å²) in [5.74, 6) is 0.898. The highest BCUT2D eigenvalue weighted by molar-refractivity contribution is 6.34. The van der Waals surface area contributed by atoms with Gasteiger partial charge in [-0.2, -0.15) is 0 Å². The first kappa shape index (κ1) is 35.1. The number of carboxylic acid groups (broad SMARTS) is 1. The van der Waals surface area contributed by atoms with E-state index < -0.39 is 11.4 Å². The van der Waals surface area contributed by atoms with E-state index >= 15 is 0 Å². The third-order valence-corrected chi connectivity index (χ3v) is 11.6. The van der Waals surface area contributed by atoms with Crippen LogP contribution in [0.4, 0.5) is 0 Å². The van der Waals surface area contributed by atoms with Crippen molar-refractivity contribution in [3.8, 4) is 22.6 Å². The predicted molar refractivity (Wildman–Crippen MR) is 193 cm³/mol. The molecule has 0 unspecified atom stereocenters.